The summed E-state index contributed by atoms with van der Waals surface area (Å²) in [6.07, 6.45) is 1.47. The zero-order chi connectivity index (χ0) is 13.8. The van der Waals surface area contributed by atoms with Gasteiger partial charge in [-0.1, -0.05) is 26.3 Å². The maximum Gasteiger partial charge on any atom is 0.248 e. The summed E-state index contributed by atoms with van der Waals surface area (Å²) in [7, 11) is -4.10. The maximum atomic E-state index is 13.5. The highest BCUT2D eigenvalue weighted by Gasteiger charge is 2.29. The van der Waals surface area contributed by atoms with Gasteiger partial charge >= 0.3 is 0 Å². The van der Waals surface area contributed by atoms with Crippen LogP contribution in [0.25, 0.3) is 0 Å². The van der Waals surface area contributed by atoms with Crippen molar-refractivity contribution >= 4 is 10.0 Å². The lowest BCUT2D eigenvalue weighted by Gasteiger charge is -2.20. The van der Waals surface area contributed by atoms with Gasteiger partial charge in [-0.2, -0.15) is 4.31 Å². The Bertz CT molecular complexity index is 483. The van der Waals surface area contributed by atoms with Crippen LogP contribution in [0.2, 0.25) is 0 Å². The molecule has 1 aromatic rings. The van der Waals surface area contributed by atoms with Crippen LogP contribution >= 0.6 is 0 Å². The van der Waals surface area contributed by atoms with Crippen LogP contribution < -0.4 is 0 Å². The number of unbranched alkanes of at least 4 members (excludes halogenated alkanes) is 1. The number of sulfonamides is 1. The average molecular weight is 277 g/mol. The van der Waals surface area contributed by atoms with Gasteiger partial charge in [-0.3, -0.25) is 0 Å². The topological polar surface area (TPSA) is 37.4 Å². The molecule has 0 aromatic heterocycles. The standard InChI is InChI=1S/C12H17F2NO2S/c1-3-5-9-15(4-2)18(16,17)12-10(13)7-6-8-11(12)14/h6-8H,3-5,9H2,1-2H3. The minimum Gasteiger partial charge on any atom is -0.207 e. The van der Waals surface area contributed by atoms with Crippen molar-refractivity contribution in [2.75, 3.05) is 13.1 Å². The third kappa shape index (κ3) is 3.05. The van der Waals surface area contributed by atoms with Crippen LogP contribution in [0.1, 0.15) is 26.7 Å². The van der Waals surface area contributed by atoms with E-state index in [-0.39, 0.29) is 13.1 Å². The highest BCUT2D eigenvalue weighted by molar-refractivity contribution is 7.89. The quantitative estimate of drug-likeness (QED) is 0.802. The van der Waals surface area contributed by atoms with E-state index in [9.17, 15) is 17.2 Å². The van der Waals surface area contributed by atoms with Gasteiger partial charge < -0.3 is 0 Å². The lowest BCUT2D eigenvalue weighted by atomic mass is 10.3. The van der Waals surface area contributed by atoms with E-state index in [2.05, 4.69) is 0 Å². The molecule has 6 heteroatoms. The predicted molar refractivity (Wildman–Crippen MR) is 65.7 cm³/mol. The summed E-state index contributed by atoms with van der Waals surface area (Å²) in [5.74, 6) is -2.10. The molecule has 0 aliphatic rings. The van der Waals surface area contributed by atoms with Gasteiger partial charge in [-0.05, 0) is 18.6 Å². The van der Waals surface area contributed by atoms with Gasteiger partial charge in [-0.15, -0.1) is 0 Å². The smallest absolute Gasteiger partial charge is 0.207 e. The van der Waals surface area contributed by atoms with Crippen molar-refractivity contribution in [1.82, 2.24) is 4.31 Å². The van der Waals surface area contributed by atoms with E-state index < -0.39 is 26.6 Å². The molecular formula is C12H17F2NO2S. The SMILES string of the molecule is CCCCN(CC)S(=O)(=O)c1c(F)cccc1F. The molecule has 1 rings (SSSR count). The summed E-state index contributed by atoms with van der Waals surface area (Å²) in [5, 5.41) is 0. The number of halogens is 2. The molecule has 0 N–H and O–H groups in total. The minimum atomic E-state index is -4.10. The first-order valence-electron chi connectivity index (χ1n) is 5.89. The van der Waals surface area contributed by atoms with Crippen LogP contribution in [-0.4, -0.2) is 25.8 Å². The van der Waals surface area contributed by atoms with Crippen LogP contribution in [0.3, 0.4) is 0 Å². The van der Waals surface area contributed by atoms with Gasteiger partial charge in [0.25, 0.3) is 0 Å². The Morgan fingerprint density at radius 1 is 1.17 bits per heavy atom. The van der Waals surface area contributed by atoms with E-state index in [1.165, 1.54) is 0 Å². The molecule has 0 spiro atoms. The predicted octanol–water partition coefficient (Wildman–Crippen LogP) is 2.78. The Balaban J connectivity index is 3.19. The van der Waals surface area contributed by atoms with Gasteiger partial charge in [0.1, 0.15) is 11.6 Å². The Labute approximate surface area is 106 Å². The van der Waals surface area contributed by atoms with E-state index in [4.69, 9.17) is 0 Å². The number of hydrogen-bond acceptors (Lipinski definition) is 2. The van der Waals surface area contributed by atoms with E-state index in [1.54, 1.807) is 6.92 Å². The lowest BCUT2D eigenvalue weighted by molar-refractivity contribution is 0.409. The van der Waals surface area contributed by atoms with Gasteiger partial charge in [-0.25, -0.2) is 17.2 Å². The number of benzene rings is 1. The first kappa shape index (κ1) is 15.0. The summed E-state index contributed by atoms with van der Waals surface area (Å²) < 4.78 is 52.4. The Kier molecular flexibility index (Phi) is 5.22. The third-order valence-corrected chi connectivity index (χ3v) is 4.66. The molecule has 0 amide bonds. The fraction of sp³-hybridized carbons (Fsp3) is 0.500. The number of rotatable bonds is 6. The Hall–Kier alpha value is -1.01. The zero-order valence-electron chi connectivity index (χ0n) is 10.5. The van der Waals surface area contributed by atoms with E-state index in [0.29, 0.717) is 6.42 Å². The molecule has 1 aromatic carbocycles. The van der Waals surface area contributed by atoms with Gasteiger partial charge in [0, 0.05) is 13.1 Å². The molecule has 102 valence electrons. The van der Waals surface area contributed by atoms with Crippen LogP contribution in [0.5, 0.6) is 0 Å². The molecule has 0 aliphatic heterocycles. The Morgan fingerprint density at radius 2 is 1.72 bits per heavy atom. The molecule has 0 fully saturated rings. The molecule has 0 radical (unpaired) electrons. The average Bonchev–Trinajstić information content (AvgIpc) is 2.29. The molecular weight excluding hydrogens is 260 g/mol. The van der Waals surface area contributed by atoms with Crippen molar-refractivity contribution in [1.29, 1.82) is 0 Å². The van der Waals surface area contributed by atoms with Gasteiger partial charge in [0.15, 0.2) is 4.90 Å². The molecule has 3 nitrogen and oxygen atoms in total. The van der Waals surface area contributed by atoms with E-state index in [0.717, 1.165) is 28.9 Å². The molecule has 0 saturated heterocycles. The molecule has 0 heterocycles. The summed E-state index contributed by atoms with van der Waals surface area (Å²) in [6, 6.07) is 3.04. The minimum absolute atomic E-state index is 0.191. The van der Waals surface area contributed by atoms with Crippen molar-refractivity contribution in [3.63, 3.8) is 0 Å². The lowest BCUT2D eigenvalue weighted by Crippen LogP contribution is -2.33. The molecule has 18 heavy (non-hydrogen) atoms. The van der Waals surface area contributed by atoms with Gasteiger partial charge in [0.05, 0.1) is 0 Å². The van der Waals surface area contributed by atoms with Crippen LogP contribution in [0, 0.1) is 11.6 Å². The van der Waals surface area contributed by atoms with Crippen molar-refractivity contribution in [3.05, 3.63) is 29.8 Å². The fourth-order valence-corrected chi connectivity index (χ4v) is 3.24. The van der Waals surface area contributed by atoms with Crippen molar-refractivity contribution in [3.8, 4) is 0 Å². The second kappa shape index (κ2) is 6.24. The molecule has 0 atom stereocenters. The number of nitrogens with zero attached hydrogens (tertiary/aromatic N) is 1. The largest absolute Gasteiger partial charge is 0.248 e. The van der Waals surface area contributed by atoms with E-state index in [1.807, 2.05) is 6.92 Å². The van der Waals surface area contributed by atoms with Crippen molar-refractivity contribution in [2.45, 2.75) is 31.6 Å². The highest BCUT2D eigenvalue weighted by Crippen LogP contribution is 2.22. The number of hydrogen-bond donors (Lipinski definition) is 0. The monoisotopic (exact) mass is 277 g/mol. The van der Waals surface area contributed by atoms with E-state index >= 15 is 0 Å². The maximum absolute atomic E-state index is 13.5. The normalized spacial score (nSPS) is 12.1. The first-order valence-corrected chi connectivity index (χ1v) is 7.33. The molecule has 0 saturated carbocycles. The fourth-order valence-electron chi connectivity index (χ4n) is 1.64. The molecule has 0 unspecified atom stereocenters. The third-order valence-electron chi connectivity index (χ3n) is 2.63. The summed E-state index contributed by atoms with van der Waals surface area (Å²) in [6.45, 7) is 4.02. The Morgan fingerprint density at radius 3 is 2.17 bits per heavy atom. The van der Waals surface area contributed by atoms with Gasteiger partial charge in [0.2, 0.25) is 10.0 Å². The molecule has 0 aliphatic carbocycles. The molecule has 0 bridgehead atoms. The summed E-state index contributed by atoms with van der Waals surface area (Å²) >= 11 is 0. The zero-order valence-corrected chi connectivity index (χ0v) is 11.3. The summed E-state index contributed by atoms with van der Waals surface area (Å²) in [5.41, 5.74) is 0. The van der Waals surface area contributed by atoms with Crippen LogP contribution in [-0.2, 0) is 10.0 Å². The first-order chi connectivity index (χ1) is 8.45. The van der Waals surface area contributed by atoms with Crippen LogP contribution in [0.4, 0.5) is 8.78 Å². The van der Waals surface area contributed by atoms with Crippen molar-refractivity contribution < 1.29 is 17.2 Å². The van der Waals surface area contributed by atoms with Crippen LogP contribution in [0.15, 0.2) is 23.1 Å². The van der Waals surface area contributed by atoms with Crippen molar-refractivity contribution in [2.24, 2.45) is 0 Å². The second-order valence-corrected chi connectivity index (χ2v) is 5.78. The second-order valence-electron chi connectivity index (χ2n) is 3.90. The highest BCUT2D eigenvalue weighted by atomic mass is 32.2. The summed E-state index contributed by atoms with van der Waals surface area (Å²) in [4.78, 5) is -0.858.